The molecule has 0 aliphatic carbocycles. The Bertz CT molecular complexity index is 2130. The average molecular weight is 1080 g/mol. The summed E-state index contributed by atoms with van der Waals surface area (Å²) in [5, 5.41) is 0. The van der Waals surface area contributed by atoms with Gasteiger partial charge in [-0.25, -0.2) is 0 Å². The molecular weight excluding hydrogens is 1020 g/mol. The van der Waals surface area contributed by atoms with Crippen molar-refractivity contribution in [2.24, 2.45) is 0 Å². The number of rotatable bonds is 16. The molecule has 0 aliphatic heterocycles. The first-order valence-electron chi connectivity index (χ1n) is 21.7. The van der Waals surface area contributed by atoms with E-state index in [1.807, 2.05) is 121 Å². The molecule has 0 heterocycles. The summed E-state index contributed by atoms with van der Waals surface area (Å²) in [5.41, 5.74) is -0.761. The van der Waals surface area contributed by atoms with Crippen LogP contribution in [0.5, 0.6) is 0 Å². The predicted molar refractivity (Wildman–Crippen MR) is 252 cm³/mol. The summed E-state index contributed by atoms with van der Waals surface area (Å²) in [4.78, 5) is 0. The van der Waals surface area contributed by atoms with E-state index in [2.05, 4.69) is 55.4 Å². The maximum atomic E-state index is 15.9. The van der Waals surface area contributed by atoms with Gasteiger partial charge in [-0.15, -0.1) is 0 Å². The van der Waals surface area contributed by atoms with Crippen LogP contribution in [0.3, 0.4) is 0 Å². The molecule has 0 radical (unpaired) electrons. The fourth-order valence-electron chi connectivity index (χ4n) is 10.2. The maximum absolute atomic E-state index is 15.9. The van der Waals surface area contributed by atoms with Gasteiger partial charge in [0.25, 0.3) is 0 Å². The molecule has 0 aliphatic rings. The number of hydrogen-bond acceptors (Lipinski definition) is 1. The van der Waals surface area contributed by atoms with Crippen molar-refractivity contribution >= 4 is 44.7 Å². The Labute approximate surface area is 380 Å². The van der Waals surface area contributed by atoms with Crippen LogP contribution in [0.1, 0.15) is 88.8 Å². The minimum absolute atomic E-state index is 0.146. The van der Waals surface area contributed by atoms with Crippen molar-refractivity contribution in [1.29, 1.82) is 0 Å². The van der Waals surface area contributed by atoms with Crippen molar-refractivity contribution in [3.63, 3.8) is 0 Å². The molecule has 332 valence electrons. The quantitative estimate of drug-likeness (QED) is 0.0693. The van der Waals surface area contributed by atoms with E-state index >= 15 is 26.3 Å². The van der Waals surface area contributed by atoms with Crippen LogP contribution in [0.2, 0.25) is 17.7 Å². The summed E-state index contributed by atoms with van der Waals surface area (Å²) in [6, 6.07) is 50.8. The number of benzene rings is 6. The molecule has 0 unspecified atom stereocenters. The van der Waals surface area contributed by atoms with Gasteiger partial charge in [-0.3, -0.25) is 0 Å². The molecule has 9 heteroatoms. The fourth-order valence-corrected chi connectivity index (χ4v) is 65.7. The van der Waals surface area contributed by atoms with Gasteiger partial charge < -0.3 is 0 Å². The molecule has 6 rings (SSSR count). The Morgan fingerprint density at radius 2 is 0.524 bits per heavy atom. The second-order valence-corrected chi connectivity index (χ2v) is 42.8. The van der Waals surface area contributed by atoms with Crippen molar-refractivity contribution in [3.05, 3.63) is 203 Å². The van der Waals surface area contributed by atoms with Crippen LogP contribution in [0.15, 0.2) is 170 Å². The van der Waals surface area contributed by atoms with Crippen molar-refractivity contribution in [1.82, 2.24) is 0 Å². The van der Waals surface area contributed by atoms with E-state index in [1.54, 1.807) is 24.3 Å². The zero-order valence-electron chi connectivity index (χ0n) is 37.7. The van der Waals surface area contributed by atoms with E-state index in [-0.39, 0.29) is 24.9 Å². The van der Waals surface area contributed by atoms with Gasteiger partial charge >= 0.3 is 383 Å². The van der Waals surface area contributed by atoms with Crippen molar-refractivity contribution < 1.29 is 27.8 Å². The van der Waals surface area contributed by atoms with Gasteiger partial charge in [0, 0.05) is 0 Å². The van der Waals surface area contributed by atoms with Gasteiger partial charge in [-0.1, -0.05) is 0 Å². The van der Waals surface area contributed by atoms with Crippen molar-refractivity contribution in [3.8, 4) is 0 Å². The average Bonchev–Trinajstić information content (AvgIpc) is 3.23. The molecule has 0 bridgehead atoms. The van der Waals surface area contributed by atoms with Crippen LogP contribution in [0.25, 0.3) is 0 Å². The molecule has 0 N–H and O–H groups in total. The molecule has 1 nitrogen and oxygen atoms in total. The third kappa shape index (κ3) is 11.3. The summed E-state index contributed by atoms with van der Waals surface area (Å²) >= 11 is -11.0. The molecule has 0 amide bonds. The minimum atomic E-state index is -5.52. The van der Waals surface area contributed by atoms with Crippen molar-refractivity contribution in [2.75, 3.05) is 0 Å². The van der Waals surface area contributed by atoms with Gasteiger partial charge in [0.15, 0.2) is 0 Å². The normalized spacial score (nSPS) is 13.6. The molecule has 0 fully saturated rings. The van der Waals surface area contributed by atoms with E-state index in [9.17, 15) is 0 Å². The van der Waals surface area contributed by atoms with Crippen LogP contribution < -0.4 is 7.16 Å². The van der Waals surface area contributed by atoms with Gasteiger partial charge in [0.1, 0.15) is 0 Å². The molecule has 0 aromatic heterocycles. The second-order valence-electron chi connectivity index (χ2n) is 19.9. The van der Waals surface area contributed by atoms with E-state index in [1.165, 1.54) is 12.1 Å². The molecule has 0 spiro atoms. The van der Waals surface area contributed by atoms with Crippen LogP contribution >= 0.6 is 0 Å². The van der Waals surface area contributed by atoms with Gasteiger partial charge in [-0.05, 0) is 0 Å². The fraction of sp³-hybridized carbons (Fsp3) is 0.333. The van der Waals surface area contributed by atoms with E-state index in [0.29, 0.717) is 0 Å². The van der Waals surface area contributed by atoms with Crippen LogP contribution in [-0.2, 0) is 35.4 Å². The van der Waals surface area contributed by atoms with E-state index in [0.717, 1.165) is 34.4 Å². The Balaban J connectivity index is 1.82. The number of hydrogen-bond donors (Lipinski definition) is 0. The zero-order valence-corrected chi connectivity index (χ0v) is 43.4. The monoisotopic (exact) mass is 1080 g/mol. The van der Waals surface area contributed by atoms with Gasteiger partial charge in [0.05, 0.1) is 0 Å². The van der Waals surface area contributed by atoms with Crippen LogP contribution in [0.4, 0.5) is 26.3 Å². The first-order valence-corrected chi connectivity index (χ1v) is 34.9. The summed E-state index contributed by atoms with van der Waals surface area (Å²) in [7, 11) is 0. The molecule has 6 aromatic carbocycles. The predicted octanol–water partition coefficient (Wildman–Crippen LogP) is 14.7. The van der Waals surface area contributed by atoms with Gasteiger partial charge in [-0.2, -0.15) is 0 Å². The third-order valence-corrected chi connectivity index (χ3v) is 54.9. The first-order chi connectivity index (χ1) is 29.4. The summed E-state index contributed by atoms with van der Waals surface area (Å²) < 4.78 is 105. The Hall–Kier alpha value is -3.54. The molecule has 0 saturated heterocycles. The van der Waals surface area contributed by atoms with Crippen LogP contribution in [-0.4, -0.2) is 37.6 Å². The van der Waals surface area contributed by atoms with Crippen molar-refractivity contribution in [2.45, 2.75) is 107 Å². The molecule has 63 heavy (non-hydrogen) atoms. The Morgan fingerprint density at radius 3 is 0.746 bits per heavy atom. The molecule has 0 atom stereocenters. The third-order valence-electron chi connectivity index (χ3n) is 13.0. The summed E-state index contributed by atoms with van der Waals surface area (Å²) in [6.07, 6.45) is -9.52. The van der Waals surface area contributed by atoms with Gasteiger partial charge in [0.2, 0.25) is 0 Å². The topological polar surface area (TPSA) is 9.23 Å². The summed E-state index contributed by atoms with van der Waals surface area (Å²) in [5.74, 6) is 0. The van der Waals surface area contributed by atoms with E-state index in [4.69, 9.17) is 1.41 Å². The number of alkyl halides is 6. The SMILES string of the molecule is CC(C)([CH2][Sn]([CH2]C(C)(C)c1ccccc1)([O][Sn]([CH2]C(C)(C)c1ccccc1)([CH2]C(C)(C)c1ccccc1)[c]1ccccc1C(F)(F)F)[c]1ccccc1C(F)(F)F)c1ccccc1. The van der Waals surface area contributed by atoms with E-state index < -0.39 is 82.7 Å². The standard InChI is InChI=1S/4C10H13.2C7H4F3.O.2Sn/c4*1-10(2,3)9-7-5-4-6-8-9;2*8-7(9,10)6-4-2-1-3-5-6;;;/h4*4-8H,1H2,2-3H3;2*1-4H;;;. The second kappa shape index (κ2) is 18.7. The zero-order chi connectivity index (χ0) is 46.0. The molecular formula is C54H60F6OSn2. The molecule has 6 aromatic rings. The number of halogens is 6. The van der Waals surface area contributed by atoms with Crippen LogP contribution in [0, 0.1) is 0 Å². The Kier molecular flexibility index (Phi) is 14.6. The summed E-state index contributed by atoms with van der Waals surface area (Å²) in [6.45, 7) is 16.5. The Morgan fingerprint density at radius 1 is 0.317 bits per heavy atom. The molecule has 0 saturated carbocycles. The first kappa shape index (κ1) is 48.9.